The second kappa shape index (κ2) is 22.8. The van der Waals surface area contributed by atoms with Crippen molar-refractivity contribution in [3.8, 4) is 5.75 Å². The number of esters is 2. The second-order valence-electron chi connectivity index (χ2n) is 17.5. The number of carbonyl (C=O) groups is 3. The van der Waals surface area contributed by atoms with Crippen LogP contribution in [-0.2, 0) is 41.4 Å². The van der Waals surface area contributed by atoms with Crippen LogP contribution >= 0.6 is 11.8 Å². The summed E-state index contributed by atoms with van der Waals surface area (Å²) in [5.74, 6) is 0.711. The maximum absolute atomic E-state index is 14.0. The molecular weight excluding hydrogens is 846 g/mol. The molecule has 1 aromatic heterocycles. The molecule has 1 amide bonds. The van der Waals surface area contributed by atoms with Crippen LogP contribution in [0.4, 0.5) is 10.1 Å². The number of imidazole rings is 1. The summed E-state index contributed by atoms with van der Waals surface area (Å²) >= 11 is 1.54. The number of anilines is 1. The molecule has 0 bridgehead atoms. The number of amides is 1. The number of ether oxygens (including phenoxy) is 4. The number of benzene rings is 4. The highest BCUT2D eigenvalue weighted by Crippen LogP contribution is 2.49. The number of fused-ring (bicyclic) bond motifs is 3. The molecule has 14 heteroatoms. The average Bonchev–Trinajstić information content (AvgIpc) is 3.66. The number of para-hydroxylation sites is 3. The Bertz CT molecular complexity index is 2340. The molecule has 12 nitrogen and oxygen atoms in total. The molecule has 7 rings (SSSR count). The summed E-state index contributed by atoms with van der Waals surface area (Å²) in [6.07, 6.45) is 3.01. The van der Waals surface area contributed by atoms with E-state index in [2.05, 4.69) is 35.8 Å². The topological polar surface area (TPSA) is 127 Å². The highest BCUT2D eigenvalue weighted by atomic mass is 32.2. The summed E-state index contributed by atoms with van der Waals surface area (Å²) in [5, 5.41) is -0.359. The van der Waals surface area contributed by atoms with Gasteiger partial charge in [-0.2, -0.15) is 0 Å². The van der Waals surface area contributed by atoms with Crippen molar-refractivity contribution in [1.82, 2.24) is 19.8 Å². The Morgan fingerprint density at radius 3 is 2.40 bits per heavy atom. The zero-order chi connectivity index (χ0) is 46.7. The molecule has 1 N–H and O–H groups in total. The van der Waals surface area contributed by atoms with Crippen molar-refractivity contribution in [1.29, 1.82) is 0 Å². The quantitative estimate of drug-likeness (QED) is 0.0902. The molecule has 0 radical (unpaired) electrons. The maximum Gasteiger partial charge on any atom is 0.332 e. The van der Waals surface area contributed by atoms with Crippen LogP contribution in [0.2, 0.25) is 0 Å². The third-order valence-corrected chi connectivity index (χ3v) is 13.5. The fourth-order valence-electron chi connectivity index (χ4n) is 9.04. The van der Waals surface area contributed by atoms with Crippen LogP contribution in [0.1, 0.15) is 73.7 Å². The van der Waals surface area contributed by atoms with E-state index >= 15 is 0 Å². The zero-order valence-electron chi connectivity index (χ0n) is 39.0. The number of carbonyl (C=O) groups excluding carboxylic acids is 3. The smallest absolute Gasteiger partial charge is 0.332 e. The Morgan fingerprint density at radius 1 is 0.969 bits per heavy atom. The molecule has 0 spiro atoms. The first-order valence-electron chi connectivity index (χ1n) is 22.4. The van der Waals surface area contributed by atoms with E-state index in [1.165, 1.54) is 20.1 Å². The minimum atomic E-state index is -0.916. The minimum absolute atomic E-state index is 0.00777. The molecule has 1 aliphatic carbocycles. The Kier molecular flexibility index (Phi) is 17.2. The molecule has 0 saturated carbocycles. The number of rotatable bonds is 17. The van der Waals surface area contributed by atoms with Gasteiger partial charge >= 0.3 is 11.9 Å². The van der Waals surface area contributed by atoms with E-state index in [0.717, 1.165) is 75.8 Å². The standard InChI is InChI=1S/C29H38FN3O3.C22H26N2O4S/c1-20(2)28-23-12-11-22(30)18-21(23)13-14-29(28,36-27(34)19-35-4)15-17-33(3)16-7-10-26-31-24-8-5-6-9-25(24)32-26;1-15(25)28-20-21(16-9-11-17(27-4)12-10-16)29-19-8-6-5-7-18(19)24(22(20)26)14-13-23(2)3/h5-6,8-9,11-12,18,20,28H,7,10,13-17,19H2,1-4H3,(H,31,32);5-12,20-21H,13-14H2,1-4H3/t28-,29-;20-,21+/m01/s1. The van der Waals surface area contributed by atoms with Crippen LogP contribution in [-0.4, -0.2) is 117 Å². The lowest BCUT2D eigenvalue weighted by molar-refractivity contribution is -0.172. The van der Waals surface area contributed by atoms with Crippen LogP contribution in [0.3, 0.4) is 0 Å². The lowest BCUT2D eigenvalue weighted by Crippen LogP contribution is -2.49. The van der Waals surface area contributed by atoms with Gasteiger partial charge in [-0.1, -0.05) is 56.3 Å². The summed E-state index contributed by atoms with van der Waals surface area (Å²) in [6, 6.07) is 28.5. The lowest BCUT2D eigenvalue weighted by atomic mass is 9.65. The van der Waals surface area contributed by atoms with Gasteiger partial charge in [0, 0.05) is 57.3 Å². The van der Waals surface area contributed by atoms with E-state index in [1.54, 1.807) is 29.8 Å². The number of H-pyrrole nitrogens is 1. The van der Waals surface area contributed by atoms with Crippen molar-refractivity contribution in [2.75, 3.05) is 73.0 Å². The Labute approximate surface area is 387 Å². The first-order chi connectivity index (χ1) is 31.2. The van der Waals surface area contributed by atoms with Crippen molar-refractivity contribution in [2.45, 2.75) is 80.6 Å². The van der Waals surface area contributed by atoms with Gasteiger partial charge in [-0.05, 0) is 118 Å². The molecule has 0 fully saturated rings. The minimum Gasteiger partial charge on any atom is -0.497 e. The van der Waals surface area contributed by atoms with Crippen molar-refractivity contribution < 1.29 is 37.7 Å². The molecule has 0 saturated heterocycles. The molecule has 4 atom stereocenters. The third kappa shape index (κ3) is 12.5. The van der Waals surface area contributed by atoms with Crippen LogP contribution in [0.25, 0.3) is 11.0 Å². The largest absolute Gasteiger partial charge is 0.497 e. The Morgan fingerprint density at radius 2 is 1.71 bits per heavy atom. The summed E-state index contributed by atoms with van der Waals surface area (Å²) < 4.78 is 36.1. The number of methoxy groups -OCH3 is 2. The molecule has 5 aromatic rings. The first kappa shape index (κ1) is 49.2. The van der Waals surface area contributed by atoms with Crippen molar-refractivity contribution in [3.63, 3.8) is 0 Å². The summed E-state index contributed by atoms with van der Waals surface area (Å²) in [5.41, 5.74) is 5.27. The van der Waals surface area contributed by atoms with Gasteiger partial charge in [0.15, 0.2) is 6.10 Å². The third-order valence-electron chi connectivity index (χ3n) is 12.1. The predicted molar refractivity (Wildman–Crippen MR) is 254 cm³/mol. The number of aryl methyl sites for hydroxylation is 2. The normalized spacial score (nSPS) is 19.4. The first-order valence-corrected chi connectivity index (χ1v) is 23.2. The van der Waals surface area contributed by atoms with Crippen LogP contribution in [0.5, 0.6) is 5.75 Å². The van der Waals surface area contributed by atoms with Crippen molar-refractivity contribution in [3.05, 3.63) is 119 Å². The molecule has 2 aliphatic rings. The van der Waals surface area contributed by atoms with Gasteiger partial charge in [0.05, 0.1) is 29.1 Å². The summed E-state index contributed by atoms with van der Waals surface area (Å²) in [6.45, 7) is 8.48. The van der Waals surface area contributed by atoms with Crippen molar-refractivity contribution in [2.24, 2.45) is 5.92 Å². The predicted octanol–water partition coefficient (Wildman–Crippen LogP) is 8.64. The average molecular weight is 910 g/mol. The summed E-state index contributed by atoms with van der Waals surface area (Å²) in [4.78, 5) is 53.2. The van der Waals surface area contributed by atoms with E-state index in [4.69, 9.17) is 18.9 Å². The zero-order valence-corrected chi connectivity index (χ0v) is 39.8. The van der Waals surface area contributed by atoms with Gasteiger partial charge in [-0.15, -0.1) is 11.8 Å². The number of likely N-dealkylation sites (N-methyl/N-ethyl adjacent to an activating group) is 1. The van der Waals surface area contributed by atoms with E-state index in [9.17, 15) is 18.8 Å². The fourth-order valence-corrected chi connectivity index (χ4v) is 10.4. The van der Waals surface area contributed by atoms with Gasteiger partial charge in [0.1, 0.15) is 29.6 Å². The van der Waals surface area contributed by atoms with E-state index in [0.29, 0.717) is 32.4 Å². The van der Waals surface area contributed by atoms with E-state index in [1.807, 2.05) is 97.9 Å². The van der Waals surface area contributed by atoms with Gasteiger partial charge in [0.25, 0.3) is 5.91 Å². The molecule has 65 heavy (non-hydrogen) atoms. The van der Waals surface area contributed by atoms with Crippen LogP contribution < -0.4 is 9.64 Å². The number of nitrogens with zero attached hydrogens (tertiary/aromatic N) is 4. The number of halogens is 1. The Balaban J connectivity index is 0.000000221. The number of hydrogen-bond acceptors (Lipinski definition) is 11. The fraction of sp³-hybridized carbons (Fsp3) is 0.451. The molecule has 1 aliphatic heterocycles. The number of aromatic amines is 1. The molecular formula is C51H64FN5O7S. The van der Waals surface area contributed by atoms with Gasteiger partial charge in [0.2, 0.25) is 0 Å². The Hall–Kier alpha value is -5.28. The molecule has 348 valence electrons. The van der Waals surface area contributed by atoms with Crippen molar-refractivity contribution >= 4 is 46.3 Å². The number of nitrogens with one attached hydrogen (secondary N) is 1. The molecule has 4 aromatic carbocycles. The van der Waals surface area contributed by atoms with Crippen LogP contribution in [0, 0.1) is 11.7 Å². The number of thioether (sulfide) groups is 1. The maximum atomic E-state index is 14.0. The number of hydrogen-bond donors (Lipinski definition) is 1. The second-order valence-corrected chi connectivity index (χ2v) is 18.7. The summed E-state index contributed by atoms with van der Waals surface area (Å²) in [7, 11) is 9.15. The molecule has 2 heterocycles. The van der Waals surface area contributed by atoms with Gasteiger partial charge in [-0.3, -0.25) is 9.59 Å². The monoisotopic (exact) mass is 909 g/mol. The number of aromatic nitrogens is 2. The van der Waals surface area contributed by atoms with Crippen LogP contribution in [0.15, 0.2) is 95.9 Å². The highest BCUT2D eigenvalue weighted by molar-refractivity contribution is 7.99. The highest BCUT2D eigenvalue weighted by Gasteiger charge is 2.48. The van der Waals surface area contributed by atoms with E-state index < -0.39 is 17.7 Å². The molecule has 0 unspecified atom stereocenters. The van der Waals surface area contributed by atoms with Gasteiger partial charge < -0.3 is 38.6 Å². The van der Waals surface area contributed by atoms with E-state index in [-0.39, 0.29) is 41.4 Å². The lowest BCUT2D eigenvalue weighted by Gasteiger charge is -2.47. The SMILES string of the molecule is COCC(=O)O[C@]1(CCN(C)CCCc2nc3ccccc3[nH]2)CCc2cc(F)ccc2[C@@H]1C(C)C.COc1ccc([C@@H]2Sc3ccccc3N(CCN(C)C)C(=O)[C@@H]2OC(C)=O)cc1. The van der Waals surface area contributed by atoms with Gasteiger partial charge in [-0.25, -0.2) is 14.2 Å².